The standard InChI is InChI=1S/C10H21NO3/c1-4-6-8(12)9(13)7(11)10(14-6)5(2)3/h5-10,12-13H,4,11H2,1-3H3. The number of aliphatic hydroxyl groups excluding tert-OH is 2. The lowest BCUT2D eigenvalue weighted by molar-refractivity contribution is -0.189. The van der Waals surface area contributed by atoms with Crippen molar-refractivity contribution in [1.82, 2.24) is 0 Å². The Balaban J connectivity index is 2.73. The second-order valence-corrected chi connectivity index (χ2v) is 4.35. The van der Waals surface area contributed by atoms with Gasteiger partial charge in [-0.3, -0.25) is 0 Å². The van der Waals surface area contributed by atoms with Crippen LogP contribution in [0.4, 0.5) is 0 Å². The third kappa shape index (κ3) is 2.08. The summed E-state index contributed by atoms with van der Waals surface area (Å²) < 4.78 is 5.66. The highest BCUT2D eigenvalue weighted by molar-refractivity contribution is 4.95. The minimum atomic E-state index is -0.874. The van der Waals surface area contributed by atoms with Gasteiger partial charge in [-0.2, -0.15) is 0 Å². The minimum absolute atomic E-state index is 0.168. The number of hydrogen-bond donors (Lipinski definition) is 3. The third-order valence-corrected chi connectivity index (χ3v) is 2.90. The van der Waals surface area contributed by atoms with Gasteiger partial charge in [-0.25, -0.2) is 0 Å². The van der Waals surface area contributed by atoms with Crippen LogP contribution in [0.3, 0.4) is 0 Å². The van der Waals surface area contributed by atoms with Gasteiger partial charge in [0.15, 0.2) is 0 Å². The first kappa shape index (κ1) is 11.9. The maximum absolute atomic E-state index is 9.71. The smallest absolute Gasteiger partial charge is 0.108 e. The van der Waals surface area contributed by atoms with Crippen molar-refractivity contribution in [1.29, 1.82) is 0 Å². The first-order chi connectivity index (χ1) is 6.49. The van der Waals surface area contributed by atoms with Crippen LogP contribution >= 0.6 is 0 Å². The van der Waals surface area contributed by atoms with Crippen LogP contribution in [0.2, 0.25) is 0 Å². The fraction of sp³-hybridized carbons (Fsp3) is 1.00. The van der Waals surface area contributed by atoms with E-state index in [0.29, 0.717) is 6.42 Å². The van der Waals surface area contributed by atoms with Gasteiger partial charge in [-0.1, -0.05) is 20.8 Å². The van der Waals surface area contributed by atoms with Crippen molar-refractivity contribution in [2.75, 3.05) is 0 Å². The Hall–Kier alpha value is -0.160. The largest absolute Gasteiger partial charge is 0.389 e. The lowest BCUT2D eigenvalue weighted by atomic mass is 9.87. The van der Waals surface area contributed by atoms with Crippen molar-refractivity contribution >= 4 is 0 Å². The molecule has 0 aromatic rings. The molecule has 0 radical (unpaired) electrons. The fourth-order valence-electron chi connectivity index (χ4n) is 1.95. The zero-order valence-corrected chi connectivity index (χ0v) is 9.05. The molecular weight excluding hydrogens is 182 g/mol. The van der Waals surface area contributed by atoms with Crippen LogP contribution in [0, 0.1) is 5.92 Å². The normalized spacial score (nSPS) is 44.4. The molecule has 4 N–H and O–H groups in total. The van der Waals surface area contributed by atoms with Gasteiger partial charge in [0.25, 0.3) is 0 Å². The molecule has 0 bridgehead atoms. The van der Waals surface area contributed by atoms with Crippen LogP contribution in [0.5, 0.6) is 0 Å². The van der Waals surface area contributed by atoms with E-state index in [4.69, 9.17) is 10.5 Å². The van der Waals surface area contributed by atoms with E-state index in [1.54, 1.807) is 0 Å². The highest BCUT2D eigenvalue weighted by Gasteiger charge is 2.42. The Morgan fingerprint density at radius 3 is 2.29 bits per heavy atom. The van der Waals surface area contributed by atoms with E-state index in [1.165, 1.54) is 0 Å². The summed E-state index contributed by atoms with van der Waals surface area (Å²) in [5.74, 6) is 0.251. The molecule has 0 saturated carbocycles. The van der Waals surface area contributed by atoms with Gasteiger partial charge in [-0.05, 0) is 12.3 Å². The Morgan fingerprint density at radius 2 is 1.86 bits per heavy atom. The average Bonchev–Trinajstić information content (AvgIpc) is 2.14. The predicted molar refractivity (Wildman–Crippen MR) is 53.8 cm³/mol. The zero-order valence-electron chi connectivity index (χ0n) is 9.05. The molecule has 14 heavy (non-hydrogen) atoms. The van der Waals surface area contributed by atoms with Crippen LogP contribution in [0.1, 0.15) is 27.2 Å². The van der Waals surface area contributed by atoms with Crippen molar-refractivity contribution in [3.63, 3.8) is 0 Å². The molecular formula is C10H21NO3. The van der Waals surface area contributed by atoms with Gasteiger partial charge in [0.05, 0.1) is 18.2 Å². The van der Waals surface area contributed by atoms with E-state index in [9.17, 15) is 10.2 Å². The molecule has 4 heteroatoms. The van der Waals surface area contributed by atoms with Crippen LogP contribution in [-0.4, -0.2) is 40.7 Å². The minimum Gasteiger partial charge on any atom is -0.389 e. The third-order valence-electron chi connectivity index (χ3n) is 2.90. The van der Waals surface area contributed by atoms with Gasteiger partial charge in [0.2, 0.25) is 0 Å². The Labute approximate surface area is 85.1 Å². The Morgan fingerprint density at radius 1 is 1.29 bits per heavy atom. The van der Waals surface area contributed by atoms with Gasteiger partial charge in [0, 0.05) is 0 Å². The molecule has 0 aliphatic carbocycles. The van der Waals surface area contributed by atoms with Crippen LogP contribution in [-0.2, 0) is 4.74 Å². The number of aliphatic hydroxyl groups is 2. The van der Waals surface area contributed by atoms with Gasteiger partial charge in [0.1, 0.15) is 12.2 Å². The van der Waals surface area contributed by atoms with E-state index < -0.39 is 18.2 Å². The lowest BCUT2D eigenvalue weighted by Crippen LogP contribution is -2.62. The number of hydrogen-bond acceptors (Lipinski definition) is 4. The molecule has 0 aromatic carbocycles. The van der Waals surface area contributed by atoms with Crippen molar-refractivity contribution in [3.05, 3.63) is 0 Å². The maximum atomic E-state index is 9.71. The average molecular weight is 203 g/mol. The maximum Gasteiger partial charge on any atom is 0.108 e. The summed E-state index contributed by atoms with van der Waals surface area (Å²) in [6.45, 7) is 5.93. The molecule has 4 nitrogen and oxygen atoms in total. The summed E-state index contributed by atoms with van der Waals surface area (Å²) in [4.78, 5) is 0. The van der Waals surface area contributed by atoms with Crippen LogP contribution in [0.25, 0.3) is 0 Å². The van der Waals surface area contributed by atoms with Crippen molar-refractivity contribution < 1.29 is 14.9 Å². The van der Waals surface area contributed by atoms with Crippen molar-refractivity contribution in [2.45, 2.75) is 57.6 Å². The van der Waals surface area contributed by atoms with E-state index in [2.05, 4.69) is 0 Å². The number of ether oxygens (including phenoxy) is 1. The summed E-state index contributed by atoms with van der Waals surface area (Å²) in [5.41, 5.74) is 5.80. The summed E-state index contributed by atoms with van der Waals surface area (Å²) >= 11 is 0. The summed E-state index contributed by atoms with van der Waals surface area (Å²) in [5, 5.41) is 19.4. The molecule has 0 spiro atoms. The molecule has 1 aliphatic heterocycles. The topological polar surface area (TPSA) is 75.7 Å². The van der Waals surface area contributed by atoms with Crippen molar-refractivity contribution in [2.24, 2.45) is 11.7 Å². The molecule has 5 unspecified atom stereocenters. The lowest BCUT2D eigenvalue weighted by Gasteiger charge is -2.42. The molecule has 84 valence electrons. The molecule has 1 fully saturated rings. The molecule has 1 saturated heterocycles. The first-order valence-electron chi connectivity index (χ1n) is 5.26. The zero-order chi connectivity index (χ0) is 10.9. The quantitative estimate of drug-likeness (QED) is 0.584. The molecule has 1 rings (SSSR count). The summed E-state index contributed by atoms with van der Waals surface area (Å²) in [6, 6.07) is -0.493. The van der Waals surface area contributed by atoms with Crippen LogP contribution < -0.4 is 5.73 Å². The van der Waals surface area contributed by atoms with E-state index in [1.807, 2.05) is 20.8 Å². The second kappa shape index (κ2) is 4.57. The highest BCUT2D eigenvalue weighted by Crippen LogP contribution is 2.25. The fourth-order valence-corrected chi connectivity index (χ4v) is 1.95. The SMILES string of the molecule is CCC1OC(C(C)C)C(N)C(O)C1O. The highest BCUT2D eigenvalue weighted by atomic mass is 16.5. The predicted octanol–water partition coefficient (Wildman–Crippen LogP) is -0.131. The number of nitrogens with two attached hydrogens (primary N) is 1. The molecule has 1 aliphatic rings. The van der Waals surface area contributed by atoms with E-state index in [0.717, 1.165) is 0 Å². The van der Waals surface area contributed by atoms with E-state index >= 15 is 0 Å². The van der Waals surface area contributed by atoms with Crippen molar-refractivity contribution in [3.8, 4) is 0 Å². The number of rotatable bonds is 2. The molecule has 0 aromatic heterocycles. The van der Waals surface area contributed by atoms with Gasteiger partial charge >= 0.3 is 0 Å². The monoisotopic (exact) mass is 203 g/mol. The van der Waals surface area contributed by atoms with Gasteiger partial charge in [-0.15, -0.1) is 0 Å². The summed E-state index contributed by atoms with van der Waals surface area (Å²) in [7, 11) is 0. The van der Waals surface area contributed by atoms with E-state index in [-0.39, 0.29) is 18.1 Å². The Kier molecular flexibility index (Phi) is 3.89. The Bertz CT molecular complexity index is 184. The summed E-state index contributed by atoms with van der Waals surface area (Å²) in [6.07, 6.45) is -1.50. The molecule has 0 amide bonds. The molecule has 5 atom stereocenters. The second-order valence-electron chi connectivity index (χ2n) is 4.35. The van der Waals surface area contributed by atoms with Gasteiger partial charge < -0.3 is 20.7 Å². The van der Waals surface area contributed by atoms with Crippen LogP contribution in [0.15, 0.2) is 0 Å². The molecule has 1 heterocycles. The first-order valence-corrected chi connectivity index (χ1v) is 5.26.